The molecular weight excluding hydrogens is 346 g/mol. The lowest BCUT2D eigenvalue weighted by Gasteiger charge is -2.17. The third kappa shape index (κ3) is 4.28. The number of benzene rings is 2. The third-order valence-corrected chi connectivity index (χ3v) is 4.83. The molecule has 0 aliphatic heterocycles. The number of amides is 1. The van der Waals surface area contributed by atoms with Gasteiger partial charge in [0.15, 0.2) is 0 Å². The van der Waals surface area contributed by atoms with Crippen LogP contribution in [-0.4, -0.2) is 41.5 Å². The molecule has 0 aromatic heterocycles. The van der Waals surface area contributed by atoms with Gasteiger partial charge in [0.2, 0.25) is 0 Å². The van der Waals surface area contributed by atoms with Gasteiger partial charge in [-0.15, -0.1) is 0 Å². The Kier molecular flexibility index (Phi) is 6.08. The third-order valence-electron chi connectivity index (χ3n) is 4.83. The van der Waals surface area contributed by atoms with E-state index in [9.17, 15) is 14.7 Å². The average molecular weight is 369 g/mol. The first-order valence-electron chi connectivity index (χ1n) is 9.07. The van der Waals surface area contributed by atoms with Crippen LogP contribution in [0, 0.1) is 0 Å². The molecule has 2 aromatic carbocycles. The lowest BCUT2D eigenvalue weighted by molar-refractivity contribution is -0.139. The molecule has 27 heavy (non-hydrogen) atoms. The van der Waals surface area contributed by atoms with Crippen LogP contribution in [0.3, 0.4) is 0 Å². The molecule has 0 radical (unpaired) electrons. The number of rotatable bonds is 8. The molecule has 0 saturated carbocycles. The summed E-state index contributed by atoms with van der Waals surface area (Å²) >= 11 is 0. The van der Waals surface area contributed by atoms with Gasteiger partial charge in [-0.3, -0.25) is 0 Å². The number of nitrogens with one attached hydrogen (secondary N) is 1. The maximum atomic E-state index is 12.1. The summed E-state index contributed by atoms with van der Waals surface area (Å²) in [6.07, 6.45) is 0.515. The molecule has 0 spiro atoms. The molecule has 142 valence electrons. The van der Waals surface area contributed by atoms with Crippen molar-refractivity contribution in [1.29, 1.82) is 0 Å². The van der Waals surface area contributed by atoms with Gasteiger partial charge in [0, 0.05) is 12.5 Å². The van der Waals surface area contributed by atoms with Crippen molar-refractivity contribution in [2.75, 3.05) is 13.2 Å². The molecule has 0 unspecified atom stereocenters. The number of carboxylic acid groups (broad SMARTS) is 1. The summed E-state index contributed by atoms with van der Waals surface area (Å²) in [6.45, 7) is 0.139. The van der Waals surface area contributed by atoms with Crippen molar-refractivity contribution in [1.82, 2.24) is 5.32 Å². The zero-order valence-corrected chi connectivity index (χ0v) is 14.9. The quantitative estimate of drug-likeness (QED) is 0.621. The van der Waals surface area contributed by atoms with E-state index in [1.165, 1.54) is 0 Å². The first-order valence-corrected chi connectivity index (χ1v) is 9.07. The first-order chi connectivity index (χ1) is 13.1. The predicted octanol–water partition coefficient (Wildman–Crippen LogP) is 3.14. The summed E-state index contributed by atoms with van der Waals surface area (Å²) in [5.41, 5.74) is 4.47. The van der Waals surface area contributed by atoms with Gasteiger partial charge < -0.3 is 20.3 Å². The number of aliphatic hydroxyl groups is 1. The Labute approximate surface area is 157 Å². The van der Waals surface area contributed by atoms with E-state index in [4.69, 9.17) is 9.84 Å². The fourth-order valence-corrected chi connectivity index (χ4v) is 3.50. The number of aliphatic carboxylic acids is 1. The van der Waals surface area contributed by atoms with Crippen molar-refractivity contribution in [2.45, 2.75) is 31.2 Å². The average Bonchev–Trinajstić information content (AvgIpc) is 2.99. The molecular formula is C21H23NO5. The molecule has 0 heterocycles. The highest BCUT2D eigenvalue weighted by molar-refractivity contribution is 5.81. The van der Waals surface area contributed by atoms with Crippen LogP contribution in [0.15, 0.2) is 48.5 Å². The lowest BCUT2D eigenvalue weighted by Crippen LogP contribution is -2.41. The summed E-state index contributed by atoms with van der Waals surface area (Å²) in [5, 5.41) is 20.4. The number of ether oxygens (including phenoxy) is 1. The maximum Gasteiger partial charge on any atom is 0.407 e. The van der Waals surface area contributed by atoms with Gasteiger partial charge in [0.1, 0.15) is 12.6 Å². The second-order valence-corrected chi connectivity index (χ2v) is 6.58. The van der Waals surface area contributed by atoms with Crippen LogP contribution in [0.4, 0.5) is 4.79 Å². The zero-order chi connectivity index (χ0) is 19.2. The van der Waals surface area contributed by atoms with Crippen LogP contribution in [0.2, 0.25) is 0 Å². The minimum absolute atomic E-state index is 0.00270. The van der Waals surface area contributed by atoms with Crippen molar-refractivity contribution in [2.24, 2.45) is 0 Å². The van der Waals surface area contributed by atoms with Crippen LogP contribution in [0.5, 0.6) is 0 Å². The topological polar surface area (TPSA) is 95.9 Å². The van der Waals surface area contributed by atoms with Gasteiger partial charge in [-0.2, -0.15) is 0 Å². The minimum atomic E-state index is -1.11. The summed E-state index contributed by atoms with van der Waals surface area (Å²) in [5.74, 6) is -1.18. The normalized spacial score (nSPS) is 13.5. The number of unbranched alkanes of at least 4 members (excludes halogenated alkanes) is 1. The molecule has 6 heteroatoms. The van der Waals surface area contributed by atoms with Gasteiger partial charge >= 0.3 is 12.1 Å². The SMILES string of the molecule is O=C(N[C@@H](CCCCO)C(=O)O)OCC1c2ccccc2-c2ccccc21. The number of hydrogen-bond donors (Lipinski definition) is 3. The fraction of sp³-hybridized carbons (Fsp3) is 0.333. The number of aliphatic hydroxyl groups excluding tert-OH is 1. The van der Waals surface area contributed by atoms with Crippen molar-refractivity contribution in [3.63, 3.8) is 0 Å². The Morgan fingerprint density at radius 2 is 1.59 bits per heavy atom. The van der Waals surface area contributed by atoms with E-state index >= 15 is 0 Å². The molecule has 0 saturated heterocycles. The van der Waals surface area contributed by atoms with Crippen LogP contribution in [-0.2, 0) is 9.53 Å². The van der Waals surface area contributed by atoms with E-state index in [0.717, 1.165) is 22.3 Å². The smallest absolute Gasteiger partial charge is 0.407 e. The standard InChI is InChI=1S/C21H23NO5/c23-12-6-5-11-19(20(24)25)22-21(26)27-13-18-16-9-3-1-7-14(16)15-8-2-4-10-17(15)18/h1-4,7-10,18-19,23H,5-6,11-13H2,(H,22,26)(H,24,25)/t19-/m0/s1. The Hall–Kier alpha value is -2.86. The van der Waals surface area contributed by atoms with Gasteiger partial charge in [0.05, 0.1) is 0 Å². The zero-order valence-electron chi connectivity index (χ0n) is 14.9. The van der Waals surface area contributed by atoms with Crippen LogP contribution in [0.1, 0.15) is 36.3 Å². The van der Waals surface area contributed by atoms with Crippen LogP contribution >= 0.6 is 0 Å². The Morgan fingerprint density at radius 1 is 1.00 bits per heavy atom. The van der Waals surface area contributed by atoms with E-state index in [1.54, 1.807) is 0 Å². The monoisotopic (exact) mass is 369 g/mol. The highest BCUT2D eigenvalue weighted by Crippen LogP contribution is 2.44. The number of alkyl carbamates (subject to hydrolysis) is 1. The van der Waals surface area contributed by atoms with Crippen LogP contribution < -0.4 is 5.32 Å². The number of carbonyl (C=O) groups is 2. The Balaban J connectivity index is 1.64. The number of hydrogen-bond acceptors (Lipinski definition) is 4. The summed E-state index contributed by atoms with van der Waals surface area (Å²) in [4.78, 5) is 23.4. The van der Waals surface area contributed by atoms with E-state index in [2.05, 4.69) is 17.4 Å². The summed E-state index contributed by atoms with van der Waals surface area (Å²) < 4.78 is 5.36. The number of carboxylic acids is 1. The predicted molar refractivity (Wildman–Crippen MR) is 101 cm³/mol. The first kappa shape index (κ1) is 18.9. The molecule has 3 N–H and O–H groups in total. The van der Waals surface area contributed by atoms with Gasteiger partial charge in [-0.1, -0.05) is 48.5 Å². The lowest BCUT2D eigenvalue weighted by atomic mass is 9.98. The van der Waals surface area contributed by atoms with Crippen molar-refractivity contribution in [3.8, 4) is 11.1 Å². The largest absolute Gasteiger partial charge is 0.480 e. The molecule has 0 bridgehead atoms. The van der Waals surface area contributed by atoms with Gasteiger partial charge in [0.25, 0.3) is 0 Å². The minimum Gasteiger partial charge on any atom is -0.480 e. The van der Waals surface area contributed by atoms with E-state index in [-0.39, 0.29) is 25.6 Å². The molecule has 1 amide bonds. The highest BCUT2D eigenvalue weighted by Gasteiger charge is 2.29. The molecule has 1 atom stereocenters. The van der Waals surface area contributed by atoms with Gasteiger partial charge in [-0.05, 0) is 41.5 Å². The van der Waals surface area contributed by atoms with Crippen LogP contribution in [0.25, 0.3) is 11.1 Å². The van der Waals surface area contributed by atoms with E-state index in [0.29, 0.717) is 12.8 Å². The van der Waals surface area contributed by atoms with E-state index in [1.807, 2.05) is 36.4 Å². The molecule has 3 rings (SSSR count). The highest BCUT2D eigenvalue weighted by atomic mass is 16.5. The second-order valence-electron chi connectivity index (χ2n) is 6.58. The fourth-order valence-electron chi connectivity index (χ4n) is 3.50. The van der Waals surface area contributed by atoms with Crippen molar-refractivity contribution >= 4 is 12.1 Å². The van der Waals surface area contributed by atoms with Crippen molar-refractivity contribution < 1.29 is 24.5 Å². The number of fused-ring (bicyclic) bond motifs is 3. The summed E-state index contributed by atoms with van der Waals surface area (Å²) in [6, 6.07) is 15.0. The van der Waals surface area contributed by atoms with Crippen molar-refractivity contribution in [3.05, 3.63) is 59.7 Å². The Morgan fingerprint density at radius 3 is 2.15 bits per heavy atom. The molecule has 2 aromatic rings. The molecule has 6 nitrogen and oxygen atoms in total. The molecule has 1 aliphatic rings. The van der Waals surface area contributed by atoms with E-state index < -0.39 is 18.1 Å². The maximum absolute atomic E-state index is 12.1. The number of carbonyl (C=O) groups excluding carboxylic acids is 1. The summed E-state index contributed by atoms with van der Waals surface area (Å²) in [7, 11) is 0. The molecule has 1 aliphatic carbocycles. The molecule has 0 fully saturated rings. The Bertz CT molecular complexity index is 774. The van der Waals surface area contributed by atoms with Gasteiger partial charge in [-0.25, -0.2) is 9.59 Å². The second kappa shape index (κ2) is 8.68.